The Kier molecular flexibility index (Phi) is 23.6. The van der Waals surface area contributed by atoms with E-state index in [1.807, 2.05) is 0 Å². The summed E-state index contributed by atoms with van der Waals surface area (Å²) in [6.07, 6.45) is 29.5. The van der Waals surface area contributed by atoms with Crippen LogP contribution in [0.2, 0.25) is 0 Å². The molecule has 0 aromatic rings. The van der Waals surface area contributed by atoms with E-state index in [9.17, 15) is 4.79 Å². The van der Waals surface area contributed by atoms with Crippen molar-refractivity contribution in [2.45, 2.75) is 142 Å². The van der Waals surface area contributed by atoms with Crippen LogP contribution in [-0.2, 0) is 9.53 Å². The minimum atomic E-state index is 0.00573. The lowest BCUT2D eigenvalue weighted by molar-refractivity contribution is -0.143. The van der Waals surface area contributed by atoms with E-state index in [-0.39, 0.29) is 5.97 Å². The van der Waals surface area contributed by atoms with E-state index < -0.39 is 0 Å². The van der Waals surface area contributed by atoms with Crippen molar-refractivity contribution < 1.29 is 9.53 Å². The maximum absolute atomic E-state index is 11.7. The fraction of sp³-hybridized carbons (Fsp3) is 0.885. The Labute approximate surface area is 176 Å². The van der Waals surface area contributed by atoms with Crippen LogP contribution in [0.25, 0.3) is 0 Å². The Bertz CT molecular complexity index is 335. The van der Waals surface area contributed by atoms with Crippen molar-refractivity contribution in [1.29, 1.82) is 0 Å². The summed E-state index contributed by atoms with van der Waals surface area (Å²) in [6, 6.07) is 0. The summed E-state index contributed by atoms with van der Waals surface area (Å²) in [5.74, 6) is 0.00573. The molecule has 0 spiro atoms. The Morgan fingerprint density at radius 2 is 1.00 bits per heavy atom. The number of carbonyl (C=O) groups is 1. The van der Waals surface area contributed by atoms with E-state index in [2.05, 4.69) is 26.0 Å². The van der Waals surface area contributed by atoms with Crippen LogP contribution in [0.1, 0.15) is 142 Å². The molecule has 0 N–H and O–H groups in total. The lowest BCUT2D eigenvalue weighted by Crippen LogP contribution is -2.05. The lowest BCUT2D eigenvalue weighted by Gasteiger charge is -2.05. The molecule has 0 fully saturated rings. The van der Waals surface area contributed by atoms with Gasteiger partial charge in [0.05, 0.1) is 6.61 Å². The second-order valence-corrected chi connectivity index (χ2v) is 8.32. The van der Waals surface area contributed by atoms with Gasteiger partial charge in [0.25, 0.3) is 0 Å². The molecule has 166 valence electrons. The first-order chi connectivity index (χ1) is 13.8. The standard InChI is InChI=1S/C26H50O2/c1-3-5-7-9-11-12-13-14-15-16-17-18-19-20-22-24-26(27)28-25-23-21-10-8-6-4-2/h14-15H,3-13,16-25H2,1-2H3. The normalized spacial score (nSPS) is 11.4. The molecule has 0 aromatic carbocycles. The number of allylic oxidation sites excluding steroid dienone is 2. The third kappa shape index (κ3) is 23.2. The van der Waals surface area contributed by atoms with Gasteiger partial charge in [-0.2, -0.15) is 0 Å². The minimum Gasteiger partial charge on any atom is -0.466 e. The van der Waals surface area contributed by atoms with E-state index in [1.54, 1.807) is 0 Å². The predicted molar refractivity (Wildman–Crippen MR) is 124 cm³/mol. The molecular weight excluding hydrogens is 344 g/mol. The van der Waals surface area contributed by atoms with Gasteiger partial charge in [-0.15, -0.1) is 0 Å². The van der Waals surface area contributed by atoms with Crippen molar-refractivity contribution in [2.75, 3.05) is 6.61 Å². The lowest BCUT2D eigenvalue weighted by atomic mass is 10.1. The summed E-state index contributed by atoms with van der Waals surface area (Å²) < 4.78 is 5.32. The Morgan fingerprint density at radius 1 is 0.571 bits per heavy atom. The zero-order valence-corrected chi connectivity index (χ0v) is 19.3. The number of hydrogen-bond acceptors (Lipinski definition) is 2. The van der Waals surface area contributed by atoms with E-state index in [0.717, 1.165) is 19.3 Å². The maximum atomic E-state index is 11.7. The average Bonchev–Trinajstić information content (AvgIpc) is 2.70. The van der Waals surface area contributed by atoms with Crippen molar-refractivity contribution >= 4 is 5.97 Å². The van der Waals surface area contributed by atoms with Crippen molar-refractivity contribution in [3.05, 3.63) is 12.2 Å². The number of rotatable bonds is 22. The third-order valence-corrected chi connectivity index (χ3v) is 5.40. The monoisotopic (exact) mass is 394 g/mol. The first-order valence-electron chi connectivity index (χ1n) is 12.6. The summed E-state index contributed by atoms with van der Waals surface area (Å²) in [5.41, 5.74) is 0. The zero-order valence-electron chi connectivity index (χ0n) is 19.3. The highest BCUT2D eigenvalue weighted by Crippen LogP contribution is 2.10. The molecule has 0 unspecified atom stereocenters. The molecule has 28 heavy (non-hydrogen) atoms. The van der Waals surface area contributed by atoms with E-state index in [1.165, 1.54) is 103 Å². The van der Waals surface area contributed by atoms with Crippen LogP contribution in [0.15, 0.2) is 12.2 Å². The molecule has 0 saturated carbocycles. The van der Waals surface area contributed by atoms with Crippen LogP contribution < -0.4 is 0 Å². The summed E-state index contributed by atoms with van der Waals surface area (Å²) in [5, 5.41) is 0. The van der Waals surface area contributed by atoms with E-state index >= 15 is 0 Å². The third-order valence-electron chi connectivity index (χ3n) is 5.40. The molecular formula is C26H50O2. The highest BCUT2D eigenvalue weighted by molar-refractivity contribution is 5.69. The van der Waals surface area contributed by atoms with Crippen molar-refractivity contribution in [1.82, 2.24) is 0 Å². The Balaban J connectivity index is 3.19. The molecule has 0 heterocycles. The van der Waals surface area contributed by atoms with Gasteiger partial charge in [-0.1, -0.05) is 109 Å². The quantitative estimate of drug-likeness (QED) is 0.104. The number of hydrogen-bond donors (Lipinski definition) is 0. The number of ether oxygens (including phenoxy) is 1. The van der Waals surface area contributed by atoms with Crippen LogP contribution in [0.3, 0.4) is 0 Å². The van der Waals surface area contributed by atoms with Gasteiger partial charge < -0.3 is 4.74 Å². The van der Waals surface area contributed by atoms with Crippen LogP contribution in [-0.4, -0.2) is 12.6 Å². The van der Waals surface area contributed by atoms with Gasteiger partial charge in [0, 0.05) is 6.42 Å². The summed E-state index contributed by atoms with van der Waals surface area (Å²) in [7, 11) is 0. The summed E-state index contributed by atoms with van der Waals surface area (Å²) >= 11 is 0. The van der Waals surface area contributed by atoms with Gasteiger partial charge in [0.15, 0.2) is 0 Å². The Hall–Kier alpha value is -0.790. The number of carbonyl (C=O) groups excluding carboxylic acids is 1. The molecule has 0 aliphatic heterocycles. The second-order valence-electron chi connectivity index (χ2n) is 8.32. The molecule has 0 rings (SSSR count). The molecule has 0 saturated heterocycles. The van der Waals surface area contributed by atoms with Gasteiger partial charge in [-0.3, -0.25) is 4.79 Å². The molecule has 0 radical (unpaired) electrons. The molecule has 2 nitrogen and oxygen atoms in total. The van der Waals surface area contributed by atoms with Crippen molar-refractivity contribution in [3.8, 4) is 0 Å². The van der Waals surface area contributed by atoms with Crippen LogP contribution >= 0.6 is 0 Å². The van der Waals surface area contributed by atoms with Gasteiger partial charge >= 0.3 is 5.97 Å². The maximum Gasteiger partial charge on any atom is 0.305 e. The second kappa shape index (κ2) is 24.2. The Morgan fingerprint density at radius 3 is 1.54 bits per heavy atom. The fourth-order valence-corrected chi connectivity index (χ4v) is 3.48. The summed E-state index contributed by atoms with van der Waals surface area (Å²) in [4.78, 5) is 11.7. The predicted octanol–water partition coefficient (Wildman–Crippen LogP) is 8.93. The minimum absolute atomic E-state index is 0.00573. The molecule has 2 heteroatoms. The molecule has 0 aromatic heterocycles. The van der Waals surface area contributed by atoms with Crippen molar-refractivity contribution in [3.63, 3.8) is 0 Å². The van der Waals surface area contributed by atoms with Crippen LogP contribution in [0.5, 0.6) is 0 Å². The topological polar surface area (TPSA) is 26.3 Å². The average molecular weight is 395 g/mol. The zero-order chi connectivity index (χ0) is 20.5. The molecule has 0 bridgehead atoms. The van der Waals surface area contributed by atoms with Gasteiger partial charge in [0.2, 0.25) is 0 Å². The van der Waals surface area contributed by atoms with Crippen LogP contribution in [0.4, 0.5) is 0 Å². The van der Waals surface area contributed by atoms with Gasteiger partial charge in [-0.25, -0.2) is 0 Å². The molecule has 0 amide bonds. The van der Waals surface area contributed by atoms with Gasteiger partial charge in [0.1, 0.15) is 0 Å². The molecule has 0 aliphatic rings. The highest BCUT2D eigenvalue weighted by Gasteiger charge is 2.02. The largest absolute Gasteiger partial charge is 0.466 e. The molecule has 0 aliphatic carbocycles. The summed E-state index contributed by atoms with van der Waals surface area (Å²) in [6.45, 7) is 5.13. The van der Waals surface area contributed by atoms with Crippen molar-refractivity contribution in [2.24, 2.45) is 0 Å². The smallest absolute Gasteiger partial charge is 0.305 e. The fourth-order valence-electron chi connectivity index (χ4n) is 3.48. The highest BCUT2D eigenvalue weighted by atomic mass is 16.5. The first kappa shape index (κ1) is 27.2. The van der Waals surface area contributed by atoms with E-state index in [0.29, 0.717) is 13.0 Å². The SMILES string of the molecule is CCCCCCCCC=CCCCCCCCC(=O)OCCCCCCCC. The van der Waals surface area contributed by atoms with E-state index in [4.69, 9.17) is 4.74 Å². The van der Waals surface area contributed by atoms with Gasteiger partial charge in [-0.05, 0) is 38.5 Å². The number of unbranched alkanes of at least 4 members (excludes halogenated alkanes) is 16. The first-order valence-corrected chi connectivity index (χ1v) is 12.6. The van der Waals surface area contributed by atoms with Crippen LogP contribution in [0, 0.1) is 0 Å². The number of esters is 1. The molecule has 0 atom stereocenters.